The van der Waals surface area contributed by atoms with Crippen molar-refractivity contribution in [3.8, 4) is 0 Å². The van der Waals surface area contributed by atoms with Crippen LogP contribution in [-0.4, -0.2) is 46.4 Å². The number of aliphatic hydroxyl groups excluding tert-OH is 2. The predicted octanol–water partition coefficient (Wildman–Crippen LogP) is 0.912. The van der Waals surface area contributed by atoms with Crippen LogP contribution in [-0.2, 0) is 6.54 Å². The zero-order valence-corrected chi connectivity index (χ0v) is 9.90. The summed E-state index contributed by atoms with van der Waals surface area (Å²) in [6.07, 6.45) is 2.31. The number of hydrogen-bond donors (Lipinski definition) is 2. The number of halogens is 1. The van der Waals surface area contributed by atoms with Gasteiger partial charge in [-0.05, 0) is 18.6 Å². The number of nitrogens with zero attached hydrogens (tertiary/aromatic N) is 2. The topological polar surface area (TPSA) is 56.6 Å². The van der Waals surface area contributed by atoms with Gasteiger partial charge in [0.05, 0.1) is 17.3 Å². The normalized spacial score (nSPS) is 11.0. The van der Waals surface area contributed by atoms with Crippen LogP contribution >= 0.6 is 11.6 Å². The maximum atomic E-state index is 8.91. The van der Waals surface area contributed by atoms with Gasteiger partial charge in [-0.2, -0.15) is 0 Å². The lowest BCUT2D eigenvalue weighted by molar-refractivity contribution is 0.173. The van der Waals surface area contributed by atoms with Crippen LogP contribution in [0.5, 0.6) is 0 Å². The maximum absolute atomic E-state index is 8.91. The zero-order chi connectivity index (χ0) is 11.8. The van der Waals surface area contributed by atoms with Gasteiger partial charge in [0.1, 0.15) is 0 Å². The molecule has 0 aliphatic rings. The van der Waals surface area contributed by atoms with Gasteiger partial charge in [0.25, 0.3) is 0 Å². The third-order valence-electron chi connectivity index (χ3n) is 2.22. The summed E-state index contributed by atoms with van der Waals surface area (Å²) in [7, 11) is 0. The van der Waals surface area contributed by atoms with Gasteiger partial charge >= 0.3 is 0 Å². The van der Waals surface area contributed by atoms with Crippen LogP contribution < -0.4 is 0 Å². The largest absolute Gasteiger partial charge is 0.396 e. The lowest BCUT2D eigenvalue weighted by Gasteiger charge is -2.20. The van der Waals surface area contributed by atoms with Crippen LogP contribution in [0.25, 0.3) is 0 Å². The van der Waals surface area contributed by atoms with E-state index in [1.54, 1.807) is 12.3 Å². The second kappa shape index (κ2) is 7.57. The van der Waals surface area contributed by atoms with Gasteiger partial charge in [-0.1, -0.05) is 11.6 Å². The molecule has 1 aromatic rings. The third-order valence-corrected chi connectivity index (χ3v) is 2.45. The molecule has 0 unspecified atom stereocenters. The van der Waals surface area contributed by atoms with E-state index in [0.29, 0.717) is 24.5 Å². The van der Waals surface area contributed by atoms with Crippen molar-refractivity contribution < 1.29 is 10.2 Å². The van der Waals surface area contributed by atoms with E-state index in [1.807, 2.05) is 11.0 Å². The molecule has 0 bridgehead atoms. The Kier molecular flexibility index (Phi) is 6.33. The molecule has 1 aromatic heterocycles. The van der Waals surface area contributed by atoms with Crippen LogP contribution in [0.4, 0.5) is 0 Å². The van der Waals surface area contributed by atoms with Crippen molar-refractivity contribution >= 4 is 11.6 Å². The van der Waals surface area contributed by atoms with Gasteiger partial charge in [-0.3, -0.25) is 9.88 Å². The predicted molar refractivity (Wildman–Crippen MR) is 63.3 cm³/mol. The number of aromatic nitrogens is 1. The van der Waals surface area contributed by atoms with Gasteiger partial charge in [-0.15, -0.1) is 0 Å². The number of rotatable bonds is 7. The highest BCUT2D eigenvalue weighted by Crippen LogP contribution is 2.08. The number of aliphatic hydroxyl groups is 2. The zero-order valence-electron chi connectivity index (χ0n) is 9.14. The van der Waals surface area contributed by atoms with Crippen LogP contribution in [0.3, 0.4) is 0 Å². The van der Waals surface area contributed by atoms with Crippen LogP contribution in [0.1, 0.15) is 12.1 Å². The SMILES string of the molecule is OCCCN(CCO)Cc1ccc(Cl)cn1. The highest BCUT2D eigenvalue weighted by atomic mass is 35.5. The monoisotopic (exact) mass is 244 g/mol. The molecule has 0 atom stereocenters. The maximum Gasteiger partial charge on any atom is 0.0589 e. The molecule has 0 aromatic carbocycles. The minimum Gasteiger partial charge on any atom is -0.396 e. The highest BCUT2D eigenvalue weighted by Gasteiger charge is 2.05. The van der Waals surface area contributed by atoms with Gasteiger partial charge in [0.2, 0.25) is 0 Å². The second-order valence-electron chi connectivity index (χ2n) is 3.54. The molecule has 1 heterocycles. The molecule has 0 radical (unpaired) electrons. The Morgan fingerprint density at radius 1 is 1.19 bits per heavy atom. The fraction of sp³-hybridized carbons (Fsp3) is 0.545. The molecular formula is C11H17ClN2O2. The van der Waals surface area contributed by atoms with E-state index < -0.39 is 0 Å². The molecule has 0 spiro atoms. The van der Waals surface area contributed by atoms with Crippen molar-refractivity contribution in [1.82, 2.24) is 9.88 Å². The summed E-state index contributed by atoms with van der Waals surface area (Å²) < 4.78 is 0. The smallest absolute Gasteiger partial charge is 0.0589 e. The van der Waals surface area contributed by atoms with Gasteiger partial charge in [-0.25, -0.2) is 0 Å². The Bertz CT molecular complexity index is 293. The van der Waals surface area contributed by atoms with Crippen LogP contribution in [0.15, 0.2) is 18.3 Å². The van der Waals surface area contributed by atoms with E-state index in [0.717, 1.165) is 12.2 Å². The number of hydrogen-bond acceptors (Lipinski definition) is 4. The molecule has 0 aliphatic carbocycles. The van der Waals surface area contributed by atoms with Crippen molar-refractivity contribution in [1.29, 1.82) is 0 Å². The lowest BCUT2D eigenvalue weighted by Crippen LogP contribution is -2.28. The summed E-state index contributed by atoms with van der Waals surface area (Å²) in [5, 5.41) is 18.3. The average molecular weight is 245 g/mol. The Morgan fingerprint density at radius 3 is 2.56 bits per heavy atom. The Hall–Kier alpha value is -0.680. The summed E-state index contributed by atoms with van der Waals surface area (Å²) in [5.41, 5.74) is 0.913. The minimum atomic E-state index is 0.110. The third kappa shape index (κ3) is 4.90. The first-order valence-electron chi connectivity index (χ1n) is 5.30. The Balaban J connectivity index is 2.49. The number of pyridine rings is 1. The molecule has 1 rings (SSSR count). The average Bonchev–Trinajstić information content (AvgIpc) is 2.29. The minimum absolute atomic E-state index is 0.110. The summed E-state index contributed by atoms with van der Waals surface area (Å²) in [6, 6.07) is 3.67. The molecule has 0 fully saturated rings. The van der Waals surface area contributed by atoms with Crippen molar-refractivity contribution in [3.63, 3.8) is 0 Å². The summed E-state index contributed by atoms with van der Waals surface area (Å²) in [4.78, 5) is 6.24. The summed E-state index contributed by atoms with van der Waals surface area (Å²) in [6.45, 7) is 2.28. The molecule has 0 aliphatic heterocycles. The Morgan fingerprint density at radius 2 is 2.00 bits per heavy atom. The van der Waals surface area contributed by atoms with Crippen LogP contribution in [0, 0.1) is 0 Å². The van der Waals surface area contributed by atoms with E-state index in [9.17, 15) is 0 Å². The van der Waals surface area contributed by atoms with Crippen molar-refractivity contribution in [3.05, 3.63) is 29.0 Å². The first-order valence-corrected chi connectivity index (χ1v) is 5.68. The van der Waals surface area contributed by atoms with Crippen molar-refractivity contribution in [2.45, 2.75) is 13.0 Å². The summed E-state index contributed by atoms with van der Waals surface area (Å²) in [5.74, 6) is 0. The van der Waals surface area contributed by atoms with Gasteiger partial charge < -0.3 is 10.2 Å². The molecule has 90 valence electrons. The van der Waals surface area contributed by atoms with Crippen molar-refractivity contribution in [2.24, 2.45) is 0 Å². The van der Waals surface area contributed by atoms with Gasteiger partial charge in [0, 0.05) is 32.4 Å². The van der Waals surface area contributed by atoms with Crippen molar-refractivity contribution in [2.75, 3.05) is 26.3 Å². The first kappa shape index (κ1) is 13.4. The van der Waals surface area contributed by atoms with E-state index >= 15 is 0 Å². The fourth-order valence-electron chi connectivity index (χ4n) is 1.43. The Labute approximate surface area is 100 Å². The lowest BCUT2D eigenvalue weighted by atomic mass is 10.3. The van der Waals surface area contributed by atoms with Crippen LogP contribution in [0.2, 0.25) is 5.02 Å². The highest BCUT2D eigenvalue weighted by molar-refractivity contribution is 6.30. The van der Waals surface area contributed by atoms with Gasteiger partial charge in [0.15, 0.2) is 0 Å². The fourth-order valence-corrected chi connectivity index (χ4v) is 1.55. The molecular weight excluding hydrogens is 228 g/mol. The quantitative estimate of drug-likeness (QED) is 0.749. The molecule has 2 N–H and O–H groups in total. The first-order chi connectivity index (χ1) is 7.76. The molecule has 0 saturated carbocycles. The standard InChI is InChI=1S/C11H17ClN2O2/c12-10-2-3-11(13-8-10)9-14(5-7-16)4-1-6-15/h2-3,8,15-16H,1,4-7,9H2. The molecule has 16 heavy (non-hydrogen) atoms. The molecule has 0 saturated heterocycles. The second-order valence-corrected chi connectivity index (χ2v) is 3.98. The van der Waals surface area contributed by atoms with E-state index in [1.165, 1.54) is 0 Å². The molecule has 5 heteroatoms. The molecule has 4 nitrogen and oxygen atoms in total. The van der Waals surface area contributed by atoms with E-state index in [4.69, 9.17) is 21.8 Å². The molecule has 0 amide bonds. The summed E-state index contributed by atoms with van der Waals surface area (Å²) >= 11 is 5.74. The van der Waals surface area contributed by atoms with E-state index in [-0.39, 0.29) is 13.2 Å². The van der Waals surface area contributed by atoms with E-state index in [2.05, 4.69) is 4.98 Å².